The normalized spacial score (nSPS) is 26.5. The summed E-state index contributed by atoms with van der Waals surface area (Å²) in [6.45, 7) is 18.8. The number of likely N-dealkylation sites (N-methyl/N-ethyl adjacent to an activating group) is 7. The fourth-order valence-corrected chi connectivity index (χ4v) is 14.6. The van der Waals surface area contributed by atoms with Gasteiger partial charge in [-0.05, 0) is 127 Å². The van der Waals surface area contributed by atoms with E-state index in [4.69, 9.17) is 4.74 Å². The molecule has 11 atom stereocenters. The number of piperidine rings is 1. The number of halogens is 3. The number of likely N-dealkylation sites (tertiary alicyclic amines) is 1. The highest BCUT2D eigenvalue weighted by Crippen LogP contribution is 2.32. The largest absolute Gasteiger partial charge is 0.414 e. The Hall–Kier alpha value is -6.65. The fraction of sp³-hybridized carbons (Fsp3) is 0.842. The van der Waals surface area contributed by atoms with Gasteiger partial charge >= 0.3 is 6.18 Å². The third-order valence-electron chi connectivity index (χ3n) is 21.6. The van der Waals surface area contributed by atoms with Crippen LogP contribution in [-0.2, 0) is 62.3 Å². The lowest BCUT2D eigenvalue weighted by Gasteiger charge is -2.38. The predicted molar refractivity (Wildman–Crippen MR) is 393 cm³/mol. The summed E-state index contributed by atoms with van der Waals surface area (Å²) in [4.78, 5) is 190. The molecule has 4 rings (SSSR count). The molecule has 0 spiro atoms. The average Bonchev–Trinajstić information content (AvgIpc) is 0.815. The van der Waals surface area contributed by atoms with Crippen molar-refractivity contribution in [2.24, 2.45) is 35.5 Å². The van der Waals surface area contributed by atoms with E-state index in [1.165, 1.54) is 64.0 Å². The number of hydrogen-bond donors (Lipinski definition) is 5. The van der Waals surface area contributed by atoms with Gasteiger partial charge in [0.2, 0.25) is 70.9 Å². The first-order chi connectivity index (χ1) is 49.0. The van der Waals surface area contributed by atoms with Crippen LogP contribution in [0.5, 0.6) is 0 Å². The van der Waals surface area contributed by atoms with E-state index in [-0.39, 0.29) is 68.3 Å². The Morgan fingerprint density at radius 2 is 0.914 bits per heavy atom. The third kappa shape index (κ3) is 28.1. The summed E-state index contributed by atoms with van der Waals surface area (Å²) in [5, 5.41) is 21.5. The Bertz CT molecular complexity index is 2900. The zero-order chi connectivity index (χ0) is 79.1. The molecule has 2 aliphatic carbocycles. The molecule has 0 aromatic rings. The van der Waals surface area contributed by atoms with Crippen molar-refractivity contribution in [2.45, 2.75) is 296 Å². The molecule has 2 saturated heterocycles. The lowest BCUT2D eigenvalue weighted by atomic mass is 9.84. The van der Waals surface area contributed by atoms with Crippen LogP contribution in [0.25, 0.3) is 0 Å². The third-order valence-corrected chi connectivity index (χ3v) is 21.6. The summed E-state index contributed by atoms with van der Waals surface area (Å²) in [6, 6.07) is -12.4. The molecule has 29 heteroatoms. The van der Waals surface area contributed by atoms with E-state index in [9.17, 15) is 42.3 Å². The first-order valence-corrected chi connectivity index (χ1v) is 38.7. The number of ether oxygens (including phenoxy) is 1. The Kier molecular flexibility index (Phi) is 36.5. The minimum atomic E-state index is -5.02. The second-order valence-electron chi connectivity index (χ2n) is 32.8. The minimum Gasteiger partial charge on any atom is -0.384 e. The molecule has 0 aromatic heterocycles. The lowest BCUT2D eigenvalue weighted by Crippen LogP contribution is -2.61. The van der Waals surface area contributed by atoms with Crippen LogP contribution in [0.4, 0.5) is 13.2 Å². The van der Waals surface area contributed by atoms with Gasteiger partial charge in [-0.1, -0.05) is 126 Å². The number of carbonyl (C=O) groups excluding carboxylic acids is 12. The molecule has 2 heterocycles. The van der Waals surface area contributed by atoms with E-state index in [2.05, 4.69) is 21.3 Å². The number of alkyl halides is 3. The van der Waals surface area contributed by atoms with Crippen molar-refractivity contribution in [1.29, 1.82) is 0 Å². The van der Waals surface area contributed by atoms with Gasteiger partial charge in [0.15, 0.2) is 0 Å². The molecular formula is C76H131F3N12O14. The van der Waals surface area contributed by atoms with Gasteiger partial charge in [0, 0.05) is 62.4 Å². The minimum absolute atomic E-state index is 0.000134. The van der Waals surface area contributed by atoms with Crippen molar-refractivity contribution in [1.82, 2.24) is 60.5 Å². The van der Waals surface area contributed by atoms with Crippen LogP contribution in [-0.4, -0.2) is 270 Å². The maximum Gasteiger partial charge on any atom is 0.414 e. The smallest absolute Gasteiger partial charge is 0.384 e. The molecule has 600 valence electrons. The molecule has 0 bridgehead atoms. The summed E-state index contributed by atoms with van der Waals surface area (Å²) in [5.41, 5.74) is -0.857. The lowest BCUT2D eigenvalue weighted by molar-refractivity contribution is -0.205. The van der Waals surface area contributed by atoms with Gasteiger partial charge in [-0.15, -0.1) is 0 Å². The summed E-state index contributed by atoms with van der Waals surface area (Å²) >= 11 is 0. The van der Waals surface area contributed by atoms with Crippen LogP contribution < -0.4 is 21.3 Å². The van der Waals surface area contributed by atoms with Crippen molar-refractivity contribution < 1.29 is 80.5 Å². The second kappa shape index (κ2) is 42.2. The van der Waals surface area contributed by atoms with Crippen molar-refractivity contribution in [3.05, 3.63) is 0 Å². The van der Waals surface area contributed by atoms with Gasteiger partial charge in [-0.25, -0.2) is 0 Å². The van der Waals surface area contributed by atoms with E-state index < -0.39 is 188 Å². The second-order valence-corrected chi connectivity index (χ2v) is 32.8. The molecule has 2 aliphatic heterocycles. The molecule has 1 unspecified atom stereocenters. The number of amides is 12. The summed E-state index contributed by atoms with van der Waals surface area (Å²) in [6.07, 6.45) is 0.905. The Balaban J connectivity index is 1.98. The van der Waals surface area contributed by atoms with Crippen LogP contribution in [0, 0.1) is 35.5 Å². The summed E-state index contributed by atoms with van der Waals surface area (Å²) < 4.78 is 47.7. The number of nitrogens with one attached hydrogen (secondary N) is 4. The highest BCUT2D eigenvalue weighted by atomic mass is 19.4. The first kappa shape index (κ1) is 90.7. The topological polar surface area (TPSA) is 308 Å². The highest BCUT2D eigenvalue weighted by Gasteiger charge is 2.45. The zero-order valence-electron chi connectivity index (χ0n) is 66.5. The van der Waals surface area contributed by atoms with Crippen LogP contribution in [0.1, 0.15) is 224 Å². The molecule has 0 aromatic carbocycles. The summed E-state index contributed by atoms with van der Waals surface area (Å²) in [7, 11) is 9.69. The highest BCUT2D eigenvalue weighted by molar-refractivity contribution is 5.99. The van der Waals surface area contributed by atoms with Crippen LogP contribution in [0.15, 0.2) is 0 Å². The van der Waals surface area contributed by atoms with Crippen LogP contribution >= 0.6 is 0 Å². The fourth-order valence-electron chi connectivity index (χ4n) is 14.6. The van der Waals surface area contributed by atoms with Gasteiger partial charge in [0.05, 0.1) is 31.7 Å². The van der Waals surface area contributed by atoms with E-state index in [1.54, 1.807) is 53.4 Å². The molecule has 26 nitrogen and oxygen atoms in total. The number of rotatable bonds is 19. The zero-order valence-corrected chi connectivity index (χ0v) is 66.5. The van der Waals surface area contributed by atoms with Gasteiger partial charge in [-0.3, -0.25) is 57.5 Å². The number of hydrogen-bond acceptors (Lipinski definition) is 14. The van der Waals surface area contributed by atoms with E-state index in [1.807, 2.05) is 27.7 Å². The maximum atomic E-state index is 15.5. The van der Waals surface area contributed by atoms with Crippen molar-refractivity contribution in [3.8, 4) is 0 Å². The number of nitrogens with zero attached hydrogens (tertiary/aromatic N) is 8. The molecular weight excluding hydrogens is 1360 g/mol. The Labute approximate surface area is 623 Å². The Morgan fingerprint density at radius 1 is 0.505 bits per heavy atom. The molecule has 4 fully saturated rings. The SMILES string of the molecule is CC[C@H](C)[C@@H]1NC(=O)[C@H](CC(C)C)N(C)C(=O)[C@H](CCCC(O)C(F)(F)F)NC(=O)[C@H](CC2CCCCC2)N(C)C(=O)CN(C)C(=O)C[C@@H](C(=O)N2CCCCC2)NC(=O)[C@H](CC(C)C)N(C)C(=O)[C@H](COC(C)(C)C)NC(=O)[C@H](CC(C)C)N(C)C(=O)[C@H](CC2CCCCC2)N(C)C(=O)CN(C)C1=O. The van der Waals surface area contributed by atoms with Crippen LogP contribution in [0.2, 0.25) is 0 Å². The standard InChI is InChI=1S/C76H131F3N12O14/c1-19-50(8)65-74(104)85(13)45-64(95)87(15)60(42-52-32-25-21-26-33-52)73(103)90(18)57(39-48(4)5)67(97)82-55(46-105-75(9,10)11)71(101)89(17)56(38-47(2)3)66(96)81-54(72(102)91-36-27-22-28-37-91)43-62(93)84(12)44-63(94)86(14)59(41-51-30-23-20-24-31-51)68(98)80-53(34-29-35-61(92)76(77,78)79)70(100)88(16)58(40-49(6)7)69(99)83-65/h47-61,65,92H,19-46H2,1-18H3,(H,80,98)(H,81,96)(H,82,97)(H,83,99)/t50-,53-,54-,55-,56-,57-,58-,59-,60-,61?,65-/m0/s1. The number of aliphatic hydroxyl groups excluding tert-OH is 1. The van der Waals surface area contributed by atoms with Gasteiger partial charge < -0.3 is 70.3 Å². The molecule has 0 radical (unpaired) electrons. The molecule has 12 amide bonds. The maximum absolute atomic E-state index is 15.5. The van der Waals surface area contributed by atoms with Gasteiger partial charge in [0.1, 0.15) is 60.5 Å². The monoisotopic (exact) mass is 1490 g/mol. The van der Waals surface area contributed by atoms with E-state index in [0.717, 1.165) is 77.4 Å². The van der Waals surface area contributed by atoms with Crippen LogP contribution in [0.3, 0.4) is 0 Å². The number of carbonyl (C=O) groups is 12. The van der Waals surface area contributed by atoms with Gasteiger partial charge in [-0.2, -0.15) is 13.2 Å². The molecule has 2 saturated carbocycles. The Morgan fingerprint density at radius 3 is 1.38 bits per heavy atom. The van der Waals surface area contributed by atoms with Gasteiger partial charge in [0.25, 0.3) is 0 Å². The van der Waals surface area contributed by atoms with E-state index >= 15 is 33.6 Å². The number of aliphatic hydroxyl groups is 1. The average molecular weight is 1490 g/mol. The van der Waals surface area contributed by atoms with Crippen molar-refractivity contribution in [2.75, 3.05) is 82.1 Å². The first-order valence-electron chi connectivity index (χ1n) is 38.7. The molecule has 5 N–H and O–H groups in total. The van der Waals surface area contributed by atoms with Crippen molar-refractivity contribution >= 4 is 70.9 Å². The molecule has 4 aliphatic rings. The molecule has 105 heavy (non-hydrogen) atoms. The predicted octanol–water partition coefficient (Wildman–Crippen LogP) is 6.43. The quantitative estimate of drug-likeness (QED) is 0.0932. The van der Waals surface area contributed by atoms with E-state index in [0.29, 0.717) is 45.2 Å². The van der Waals surface area contributed by atoms with Crippen molar-refractivity contribution in [3.63, 3.8) is 0 Å². The summed E-state index contributed by atoms with van der Waals surface area (Å²) in [5.74, 6) is -10.3.